The summed E-state index contributed by atoms with van der Waals surface area (Å²) in [7, 11) is 0. The second kappa shape index (κ2) is 4.89. The summed E-state index contributed by atoms with van der Waals surface area (Å²) in [6.45, 7) is 5.86. The maximum atomic E-state index is 10.0. The molecule has 2 bridgehead atoms. The van der Waals surface area contributed by atoms with Crippen molar-refractivity contribution in [3.05, 3.63) is 12.2 Å². The zero-order valence-corrected chi connectivity index (χ0v) is 10.6. The highest BCUT2D eigenvalue weighted by molar-refractivity contribution is 5.10. The normalized spacial score (nSPS) is 35.6. The summed E-state index contributed by atoms with van der Waals surface area (Å²) in [5.74, 6) is 2.48. The van der Waals surface area contributed by atoms with Crippen LogP contribution >= 0.6 is 0 Å². The van der Waals surface area contributed by atoms with Crippen molar-refractivity contribution in [2.24, 2.45) is 17.8 Å². The molecule has 2 N–H and O–H groups in total. The van der Waals surface area contributed by atoms with Crippen LogP contribution < -0.4 is 5.32 Å². The molecule has 2 aliphatic rings. The van der Waals surface area contributed by atoms with Crippen molar-refractivity contribution >= 4 is 0 Å². The van der Waals surface area contributed by atoms with Crippen LogP contribution in [0.4, 0.5) is 0 Å². The van der Waals surface area contributed by atoms with Crippen LogP contribution in [-0.2, 0) is 0 Å². The number of nitrogens with one attached hydrogen (secondary N) is 1. The van der Waals surface area contributed by atoms with Gasteiger partial charge in [0.2, 0.25) is 0 Å². The Balaban J connectivity index is 1.67. The summed E-state index contributed by atoms with van der Waals surface area (Å²) in [6.07, 6.45) is 9.43. The fourth-order valence-corrected chi connectivity index (χ4v) is 3.28. The predicted molar refractivity (Wildman–Crippen MR) is 67.2 cm³/mol. The molecule has 0 aliphatic heterocycles. The molecule has 4 unspecified atom stereocenters. The van der Waals surface area contributed by atoms with E-state index >= 15 is 0 Å². The van der Waals surface area contributed by atoms with Crippen LogP contribution in [0.5, 0.6) is 0 Å². The highest BCUT2D eigenvalue weighted by Crippen LogP contribution is 2.42. The standard InChI is InChI=1S/C14H25NO/c1-3-6-14(2,16)10-15-9-13-8-11-4-5-12(13)7-11/h4-5,11-13,15-16H,3,6-10H2,1-2H3. The van der Waals surface area contributed by atoms with Gasteiger partial charge in [-0.25, -0.2) is 0 Å². The minimum absolute atomic E-state index is 0.526. The highest BCUT2D eigenvalue weighted by atomic mass is 16.3. The van der Waals surface area contributed by atoms with Crippen LogP contribution in [-0.4, -0.2) is 23.8 Å². The Morgan fingerprint density at radius 1 is 1.38 bits per heavy atom. The largest absolute Gasteiger partial charge is 0.389 e. The lowest BCUT2D eigenvalue weighted by atomic mass is 9.93. The van der Waals surface area contributed by atoms with Crippen molar-refractivity contribution in [1.29, 1.82) is 0 Å². The zero-order chi connectivity index (χ0) is 11.6. The minimum atomic E-state index is -0.526. The molecule has 92 valence electrons. The van der Waals surface area contributed by atoms with Gasteiger partial charge in [0.15, 0.2) is 0 Å². The number of fused-ring (bicyclic) bond motifs is 2. The van der Waals surface area contributed by atoms with Crippen LogP contribution in [0.1, 0.15) is 39.5 Å². The number of aliphatic hydroxyl groups is 1. The number of allylic oxidation sites excluding steroid dienone is 2. The monoisotopic (exact) mass is 223 g/mol. The topological polar surface area (TPSA) is 32.3 Å². The van der Waals surface area contributed by atoms with Gasteiger partial charge in [0, 0.05) is 6.54 Å². The SMILES string of the molecule is CCCC(C)(O)CNCC1CC2C=CC1C2. The molecule has 16 heavy (non-hydrogen) atoms. The van der Waals surface area contributed by atoms with E-state index in [-0.39, 0.29) is 0 Å². The molecule has 0 radical (unpaired) electrons. The molecular formula is C14H25NO. The van der Waals surface area contributed by atoms with Gasteiger partial charge in [-0.1, -0.05) is 25.5 Å². The Labute approximate surface area is 99.1 Å². The molecule has 2 heteroatoms. The van der Waals surface area contributed by atoms with E-state index in [9.17, 15) is 5.11 Å². The molecule has 0 aromatic carbocycles. The summed E-state index contributed by atoms with van der Waals surface area (Å²) >= 11 is 0. The lowest BCUT2D eigenvalue weighted by Gasteiger charge is -2.25. The molecule has 2 nitrogen and oxygen atoms in total. The first-order chi connectivity index (χ1) is 7.61. The molecule has 0 spiro atoms. The summed E-state index contributed by atoms with van der Waals surface area (Å²) < 4.78 is 0. The summed E-state index contributed by atoms with van der Waals surface area (Å²) in [5, 5.41) is 13.5. The van der Waals surface area contributed by atoms with Gasteiger partial charge < -0.3 is 10.4 Å². The van der Waals surface area contributed by atoms with Crippen LogP contribution in [0, 0.1) is 17.8 Å². The van der Waals surface area contributed by atoms with E-state index in [0.717, 1.165) is 43.7 Å². The van der Waals surface area contributed by atoms with Crippen molar-refractivity contribution in [3.63, 3.8) is 0 Å². The molecule has 0 heterocycles. The second-order valence-electron chi connectivity index (χ2n) is 5.92. The van der Waals surface area contributed by atoms with Crippen LogP contribution in [0.2, 0.25) is 0 Å². The van der Waals surface area contributed by atoms with E-state index < -0.39 is 5.60 Å². The van der Waals surface area contributed by atoms with Gasteiger partial charge in [0.1, 0.15) is 0 Å². The van der Waals surface area contributed by atoms with Crippen LogP contribution in [0.3, 0.4) is 0 Å². The van der Waals surface area contributed by atoms with Gasteiger partial charge in [-0.2, -0.15) is 0 Å². The van der Waals surface area contributed by atoms with E-state index in [4.69, 9.17) is 0 Å². The third kappa shape index (κ3) is 2.86. The molecular weight excluding hydrogens is 198 g/mol. The van der Waals surface area contributed by atoms with Gasteiger partial charge >= 0.3 is 0 Å². The maximum absolute atomic E-state index is 10.0. The number of hydrogen-bond donors (Lipinski definition) is 2. The van der Waals surface area contributed by atoms with E-state index in [0.29, 0.717) is 0 Å². The lowest BCUT2D eigenvalue weighted by Crippen LogP contribution is -2.40. The molecule has 0 aromatic rings. The van der Waals surface area contributed by atoms with Crippen molar-refractivity contribution < 1.29 is 5.11 Å². The summed E-state index contributed by atoms with van der Waals surface area (Å²) in [5.41, 5.74) is -0.526. The first-order valence-corrected chi connectivity index (χ1v) is 6.72. The fourth-order valence-electron chi connectivity index (χ4n) is 3.28. The summed E-state index contributed by atoms with van der Waals surface area (Å²) in [4.78, 5) is 0. The Morgan fingerprint density at radius 3 is 2.75 bits per heavy atom. The molecule has 2 rings (SSSR count). The number of rotatable bonds is 6. The van der Waals surface area contributed by atoms with Crippen LogP contribution in [0.25, 0.3) is 0 Å². The van der Waals surface area contributed by atoms with Crippen LogP contribution in [0.15, 0.2) is 12.2 Å². The Kier molecular flexibility index (Phi) is 3.70. The predicted octanol–water partition coefficient (Wildman–Crippen LogP) is 2.34. The van der Waals surface area contributed by atoms with Gasteiger partial charge in [-0.3, -0.25) is 0 Å². The van der Waals surface area contributed by atoms with Crippen molar-refractivity contribution in [3.8, 4) is 0 Å². The molecule has 4 atom stereocenters. The van der Waals surface area contributed by atoms with Crippen molar-refractivity contribution in [2.75, 3.05) is 13.1 Å². The van der Waals surface area contributed by atoms with E-state index in [2.05, 4.69) is 24.4 Å². The van der Waals surface area contributed by atoms with E-state index in [1.165, 1.54) is 12.8 Å². The lowest BCUT2D eigenvalue weighted by molar-refractivity contribution is 0.0489. The molecule has 1 fully saturated rings. The smallest absolute Gasteiger partial charge is 0.0743 e. The van der Waals surface area contributed by atoms with Gasteiger partial charge in [-0.05, 0) is 50.5 Å². The van der Waals surface area contributed by atoms with Gasteiger partial charge in [-0.15, -0.1) is 0 Å². The third-order valence-corrected chi connectivity index (χ3v) is 4.12. The highest BCUT2D eigenvalue weighted by Gasteiger charge is 2.35. The summed E-state index contributed by atoms with van der Waals surface area (Å²) in [6, 6.07) is 0. The van der Waals surface area contributed by atoms with Gasteiger partial charge in [0.25, 0.3) is 0 Å². The average Bonchev–Trinajstić information content (AvgIpc) is 2.78. The molecule has 1 saturated carbocycles. The number of hydrogen-bond acceptors (Lipinski definition) is 2. The molecule has 0 saturated heterocycles. The quantitative estimate of drug-likeness (QED) is 0.677. The molecule has 2 aliphatic carbocycles. The molecule has 0 aromatic heterocycles. The Hall–Kier alpha value is -0.340. The van der Waals surface area contributed by atoms with E-state index in [1.54, 1.807) is 0 Å². The first-order valence-electron chi connectivity index (χ1n) is 6.72. The first kappa shape index (κ1) is 12.1. The zero-order valence-electron chi connectivity index (χ0n) is 10.6. The molecule has 0 amide bonds. The average molecular weight is 223 g/mol. The van der Waals surface area contributed by atoms with Crippen molar-refractivity contribution in [2.45, 2.75) is 45.1 Å². The van der Waals surface area contributed by atoms with E-state index in [1.807, 2.05) is 6.92 Å². The third-order valence-electron chi connectivity index (χ3n) is 4.12. The Morgan fingerprint density at radius 2 is 2.19 bits per heavy atom. The second-order valence-corrected chi connectivity index (χ2v) is 5.92. The van der Waals surface area contributed by atoms with Crippen molar-refractivity contribution in [1.82, 2.24) is 5.32 Å². The fraction of sp³-hybridized carbons (Fsp3) is 0.857. The Bertz CT molecular complexity index is 259. The maximum Gasteiger partial charge on any atom is 0.0743 e. The van der Waals surface area contributed by atoms with Gasteiger partial charge in [0.05, 0.1) is 5.60 Å². The minimum Gasteiger partial charge on any atom is -0.389 e.